The molecule has 0 aliphatic heterocycles. The van der Waals surface area contributed by atoms with E-state index in [0.717, 1.165) is 68.5 Å². The largest absolute Gasteiger partial charge is 0.456 e. The molecule has 0 amide bonds. The number of hydrogen-bond donors (Lipinski definition) is 0. The summed E-state index contributed by atoms with van der Waals surface area (Å²) in [5.74, 6) is 0.604. The molecule has 0 fully saturated rings. The van der Waals surface area contributed by atoms with Crippen LogP contribution in [-0.2, 0) is 0 Å². The Labute approximate surface area is 272 Å². The quantitative estimate of drug-likeness (QED) is 0.189. The van der Waals surface area contributed by atoms with Gasteiger partial charge in [-0.3, -0.25) is 0 Å². The standard InChI is InChI=1S/C43H30N2O2/c1-4-11-29(12-5-1)32-15-10-16-33(27-32)30-19-21-35(22-20-30)45(34-17-8-3-9-18-34)36-23-24-37-40(28-36)46-39-26-25-38-42(41(37)39)47-43(44-38)31-13-6-2-7-14-31/h1-4,6-11,13-28H,5,12H2. The molecule has 0 unspecified atom stereocenters. The van der Waals surface area contributed by atoms with E-state index in [1.807, 2.05) is 48.5 Å². The van der Waals surface area contributed by atoms with Crippen molar-refractivity contribution in [1.29, 1.82) is 0 Å². The number of allylic oxidation sites excluding steroid dienone is 4. The third-order valence-corrected chi connectivity index (χ3v) is 8.97. The van der Waals surface area contributed by atoms with Gasteiger partial charge < -0.3 is 13.7 Å². The van der Waals surface area contributed by atoms with Gasteiger partial charge in [0.15, 0.2) is 5.58 Å². The van der Waals surface area contributed by atoms with Crippen LogP contribution in [-0.4, -0.2) is 4.98 Å². The minimum Gasteiger partial charge on any atom is -0.456 e. The number of para-hydroxylation sites is 1. The molecule has 9 rings (SSSR count). The molecule has 2 aromatic heterocycles. The lowest BCUT2D eigenvalue weighted by atomic mass is 9.94. The first-order valence-electron chi connectivity index (χ1n) is 16.0. The maximum absolute atomic E-state index is 6.45. The van der Waals surface area contributed by atoms with Gasteiger partial charge in [0.25, 0.3) is 0 Å². The number of oxazole rings is 1. The van der Waals surface area contributed by atoms with Crippen LogP contribution in [0.5, 0.6) is 0 Å². The summed E-state index contributed by atoms with van der Waals surface area (Å²) in [5, 5.41) is 1.94. The highest BCUT2D eigenvalue weighted by atomic mass is 16.4. The van der Waals surface area contributed by atoms with Crippen molar-refractivity contribution in [2.75, 3.05) is 4.90 Å². The zero-order valence-electron chi connectivity index (χ0n) is 25.6. The molecule has 0 bridgehead atoms. The van der Waals surface area contributed by atoms with Crippen molar-refractivity contribution in [1.82, 2.24) is 4.98 Å². The SMILES string of the molecule is C1=CCCC(c2cccc(-c3ccc(N(c4ccccc4)c4ccc5c(c4)oc4ccc6nc(-c7ccccc7)oc6c45)cc3)c2)=C1. The van der Waals surface area contributed by atoms with Crippen LogP contribution in [0, 0.1) is 0 Å². The summed E-state index contributed by atoms with van der Waals surface area (Å²) < 4.78 is 12.8. The fourth-order valence-electron chi connectivity index (χ4n) is 6.65. The topological polar surface area (TPSA) is 42.4 Å². The molecule has 224 valence electrons. The summed E-state index contributed by atoms with van der Waals surface area (Å²) in [6.07, 6.45) is 8.81. The maximum atomic E-state index is 6.45. The van der Waals surface area contributed by atoms with Crippen molar-refractivity contribution >= 4 is 55.7 Å². The zero-order valence-corrected chi connectivity index (χ0v) is 25.6. The summed E-state index contributed by atoms with van der Waals surface area (Å²) >= 11 is 0. The second-order valence-corrected chi connectivity index (χ2v) is 11.9. The van der Waals surface area contributed by atoms with Crippen molar-refractivity contribution in [3.63, 3.8) is 0 Å². The molecule has 0 spiro atoms. The van der Waals surface area contributed by atoms with E-state index in [1.54, 1.807) is 0 Å². The van der Waals surface area contributed by atoms with E-state index >= 15 is 0 Å². The van der Waals surface area contributed by atoms with Crippen LogP contribution in [0.2, 0.25) is 0 Å². The fraction of sp³-hybridized carbons (Fsp3) is 0.0465. The van der Waals surface area contributed by atoms with E-state index in [0.29, 0.717) is 5.89 Å². The normalized spacial score (nSPS) is 13.0. The van der Waals surface area contributed by atoms with Crippen molar-refractivity contribution in [2.24, 2.45) is 0 Å². The molecule has 1 aliphatic rings. The van der Waals surface area contributed by atoms with Gasteiger partial charge >= 0.3 is 0 Å². The second kappa shape index (κ2) is 11.3. The van der Waals surface area contributed by atoms with Gasteiger partial charge in [-0.1, -0.05) is 85.0 Å². The average molecular weight is 607 g/mol. The first-order valence-corrected chi connectivity index (χ1v) is 16.0. The van der Waals surface area contributed by atoms with Crippen LogP contribution < -0.4 is 4.90 Å². The zero-order chi connectivity index (χ0) is 31.2. The molecule has 0 saturated heterocycles. The van der Waals surface area contributed by atoms with Crippen molar-refractivity contribution < 1.29 is 8.83 Å². The molecule has 0 saturated carbocycles. The Morgan fingerprint density at radius 2 is 1.30 bits per heavy atom. The number of furan rings is 1. The average Bonchev–Trinajstić information content (AvgIpc) is 3.75. The van der Waals surface area contributed by atoms with E-state index in [2.05, 4.69) is 114 Å². The molecule has 8 aromatic rings. The molecule has 2 heterocycles. The summed E-state index contributed by atoms with van der Waals surface area (Å²) in [6, 6.07) is 48.5. The second-order valence-electron chi connectivity index (χ2n) is 11.9. The Morgan fingerprint density at radius 1 is 0.553 bits per heavy atom. The van der Waals surface area contributed by atoms with Gasteiger partial charge in [-0.25, -0.2) is 4.98 Å². The molecular weight excluding hydrogens is 576 g/mol. The number of fused-ring (bicyclic) bond motifs is 5. The summed E-state index contributed by atoms with van der Waals surface area (Å²) in [5.41, 5.74) is 12.3. The van der Waals surface area contributed by atoms with Gasteiger partial charge in [0.05, 0.1) is 5.39 Å². The molecule has 6 aromatic carbocycles. The van der Waals surface area contributed by atoms with Crippen LogP contribution in [0.3, 0.4) is 0 Å². The molecule has 4 nitrogen and oxygen atoms in total. The van der Waals surface area contributed by atoms with E-state index in [4.69, 9.17) is 13.8 Å². The third-order valence-electron chi connectivity index (χ3n) is 8.97. The van der Waals surface area contributed by atoms with E-state index in [1.165, 1.54) is 22.3 Å². The van der Waals surface area contributed by atoms with E-state index in [9.17, 15) is 0 Å². The van der Waals surface area contributed by atoms with Crippen LogP contribution in [0.25, 0.3) is 61.2 Å². The van der Waals surface area contributed by atoms with Gasteiger partial charge in [-0.15, -0.1) is 0 Å². The highest BCUT2D eigenvalue weighted by Gasteiger charge is 2.19. The summed E-state index contributed by atoms with van der Waals surface area (Å²) in [4.78, 5) is 7.05. The van der Waals surface area contributed by atoms with Crippen molar-refractivity contribution in [2.45, 2.75) is 12.8 Å². The Balaban J connectivity index is 1.11. The Morgan fingerprint density at radius 3 is 2.11 bits per heavy atom. The molecule has 1 aliphatic carbocycles. The molecule has 0 atom stereocenters. The third kappa shape index (κ3) is 4.91. The van der Waals surface area contributed by atoms with Crippen molar-refractivity contribution in [3.8, 4) is 22.6 Å². The van der Waals surface area contributed by atoms with Crippen LogP contribution in [0.4, 0.5) is 17.1 Å². The summed E-state index contributed by atoms with van der Waals surface area (Å²) in [6.45, 7) is 0. The first kappa shape index (κ1) is 27.2. The fourth-order valence-corrected chi connectivity index (χ4v) is 6.65. The molecule has 4 heteroatoms. The van der Waals surface area contributed by atoms with Crippen LogP contribution >= 0.6 is 0 Å². The molecule has 47 heavy (non-hydrogen) atoms. The van der Waals surface area contributed by atoms with Gasteiger partial charge in [0.1, 0.15) is 16.7 Å². The lowest BCUT2D eigenvalue weighted by Crippen LogP contribution is -2.09. The molecule has 0 radical (unpaired) electrons. The maximum Gasteiger partial charge on any atom is 0.227 e. The highest BCUT2D eigenvalue weighted by molar-refractivity contribution is 6.16. The Kier molecular flexibility index (Phi) is 6.57. The van der Waals surface area contributed by atoms with E-state index < -0.39 is 0 Å². The molecule has 0 N–H and O–H groups in total. The van der Waals surface area contributed by atoms with E-state index in [-0.39, 0.29) is 0 Å². The Hall–Kier alpha value is -6.13. The van der Waals surface area contributed by atoms with Gasteiger partial charge in [0.2, 0.25) is 5.89 Å². The monoisotopic (exact) mass is 606 g/mol. The number of rotatable bonds is 6. The van der Waals surface area contributed by atoms with Crippen LogP contribution in [0.15, 0.2) is 167 Å². The predicted octanol–water partition coefficient (Wildman–Crippen LogP) is 12.3. The van der Waals surface area contributed by atoms with Gasteiger partial charge in [-0.05, 0) is 102 Å². The van der Waals surface area contributed by atoms with Crippen LogP contribution in [0.1, 0.15) is 18.4 Å². The van der Waals surface area contributed by atoms with Gasteiger partial charge in [-0.2, -0.15) is 0 Å². The Bertz CT molecular complexity index is 2450. The molecular formula is C43H30N2O2. The lowest BCUT2D eigenvalue weighted by Gasteiger charge is -2.25. The number of hydrogen-bond acceptors (Lipinski definition) is 4. The number of aromatic nitrogens is 1. The lowest BCUT2D eigenvalue weighted by molar-refractivity contribution is 0.622. The minimum absolute atomic E-state index is 0.604. The predicted molar refractivity (Wildman–Crippen MR) is 193 cm³/mol. The van der Waals surface area contributed by atoms with Crippen molar-refractivity contribution in [3.05, 3.63) is 163 Å². The smallest absolute Gasteiger partial charge is 0.227 e. The number of anilines is 3. The number of nitrogens with zero attached hydrogens (tertiary/aromatic N) is 2. The number of benzene rings is 6. The first-order chi connectivity index (χ1) is 23.3. The minimum atomic E-state index is 0.604. The summed E-state index contributed by atoms with van der Waals surface area (Å²) in [7, 11) is 0. The highest BCUT2D eigenvalue weighted by Crippen LogP contribution is 2.41. The van der Waals surface area contributed by atoms with Gasteiger partial charge in [0, 0.05) is 34.1 Å².